The van der Waals surface area contributed by atoms with Gasteiger partial charge < -0.3 is 4.90 Å². The van der Waals surface area contributed by atoms with Gasteiger partial charge in [-0.25, -0.2) is 0 Å². The summed E-state index contributed by atoms with van der Waals surface area (Å²) in [6, 6.07) is 0.565. The number of hydrogen-bond acceptors (Lipinski definition) is 4. The molecule has 0 saturated carbocycles. The first-order chi connectivity index (χ1) is 13.3. The molecule has 0 bridgehead atoms. The summed E-state index contributed by atoms with van der Waals surface area (Å²) in [7, 11) is 0. The number of fused-ring (bicyclic) bond motifs is 1. The second kappa shape index (κ2) is 8.82. The van der Waals surface area contributed by atoms with Crippen LogP contribution in [0.3, 0.4) is 0 Å². The van der Waals surface area contributed by atoms with E-state index >= 15 is 0 Å². The van der Waals surface area contributed by atoms with Crippen LogP contribution in [0.5, 0.6) is 0 Å². The quantitative estimate of drug-likeness (QED) is 0.744. The molecule has 1 aromatic heterocycles. The molecule has 6 heteroatoms. The highest BCUT2D eigenvalue weighted by Gasteiger charge is 2.33. The average molecular weight is 389 g/mol. The number of hydrogen-bond donors (Lipinski definition) is 0. The molecule has 2 fully saturated rings. The molecule has 3 heterocycles. The van der Waals surface area contributed by atoms with Crippen LogP contribution in [0.15, 0.2) is 12.7 Å². The maximum Gasteiger partial charge on any atom is 0.274 e. The molecule has 2 saturated heterocycles. The van der Waals surface area contributed by atoms with Crippen LogP contribution in [0.2, 0.25) is 0 Å². The molecular formula is C21H32N4OS. The molecule has 5 nitrogen and oxygen atoms in total. The van der Waals surface area contributed by atoms with E-state index in [4.69, 9.17) is 5.10 Å². The van der Waals surface area contributed by atoms with E-state index in [2.05, 4.69) is 28.1 Å². The van der Waals surface area contributed by atoms with Crippen LogP contribution in [0.4, 0.5) is 0 Å². The highest BCUT2D eigenvalue weighted by atomic mass is 32.2. The van der Waals surface area contributed by atoms with Crippen molar-refractivity contribution in [1.82, 2.24) is 19.6 Å². The summed E-state index contributed by atoms with van der Waals surface area (Å²) < 4.78 is 2.04. The minimum absolute atomic E-state index is 0.158. The zero-order valence-electron chi connectivity index (χ0n) is 16.4. The minimum atomic E-state index is 0.158. The zero-order valence-corrected chi connectivity index (χ0v) is 17.2. The highest BCUT2D eigenvalue weighted by molar-refractivity contribution is 7.99. The van der Waals surface area contributed by atoms with Gasteiger partial charge in [-0.2, -0.15) is 16.9 Å². The van der Waals surface area contributed by atoms with Crippen LogP contribution in [0.25, 0.3) is 0 Å². The molecule has 0 aromatic carbocycles. The van der Waals surface area contributed by atoms with Crippen LogP contribution in [0.1, 0.15) is 53.8 Å². The van der Waals surface area contributed by atoms with Crippen LogP contribution >= 0.6 is 11.8 Å². The van der Waals surface area contributed by atoms with E-state index < -0.39 is 0 Å². The van der Waals surface area contributed by atoms with Gasteiger partial charge in [0.1, 0.15) is 0 Å². The molecule has 3 aliphatic rings. The molecule has 0 radical (unpaired) electrons. The summed E-state index contributed by atoms with van der Waals surface area (Å²) in [5.74, 6) is 2.63. The van der Waals surface area contributed by atoms with Crippen LogP contribution in [-0.4, -0.2) is 69.2 Å². The van der Waals surface area contributed by atoms with Crippen molar-refractivity contribution in [3.63, 3.8) is 0 Å². The Morgan fingerprint density at radius 1 is 1.15 bits per heavy atom. The highest BCUT2D eigenvalue weighted by Crippen LogP contribution is 2.30. The van der Waals surface area contributed by atoms with Gasteiger partial charge in [0.25, 0.3) is 5.91 Å². The number of allylic oxidation sites excluding steroid dienone is 1. The first kappa shape index (κ1) is 19.1. The molecule has 2 aliphatic heterocycles. The van der Waals surface area contributed by atoms with Crippen LogP contribution in [-0.2, 0) is 19.4 Å². The van der Waals surface area contributed by atoms with Gasteiger partial charge in [0.2, 0.25) is 0 Å². The van der Waals surface area contributed by atoms with E-state index in [0.717, 1.165) is 44.5 Å². The van der Waals surface area contributed by atoms with Crippen molar-refractivity contribution in [2.75, 3.05) is 37.7 Å². The standard InChI is InChI=1S/C21H32N4OS/c1-2-9-25-19-8-7-17(23-12-14-27-15-13-23)16-18(19)20(22-25)21(26)24-10-5-3-4-6-11-24/h2,17H,1,3-16H2. The first-order valence-corrected chi connectivity index (χ1v) is 11.7. The second-order valence-electron chi connectivity index (χ2n) is 8.00. The lowest BCUT2D eigenvalue weighted by atomic mass is 9.90. The van der Waals surface area contributed by atoms with Gasteiger partial charge in [0.05, 0.1) is 6.54 Å². The zero-order chi connectivity index (χ0) is 18.6. The van der Waals surface area contributed by atoms with Gasteiger partial charge in [-0.3, -0.25) is 14.4 Å². The summed E-state index contributed by atoms with van der Waals surface area (Å²) in [6.07, 6.45) is 9.79. The third kappa shape index (κ3) is 4.11. The molecule has 1 aliphatic carbocycles. The number of carbonyl (C=O) groups is 1. The van der Waals surface area contributed by atoms with Crippen molar-refractivity contribution in [1.29, 1.82) is 0 Å². The SMILES string of the molecule is C=CCn1nc(C(=O)N2CCCCCC2)c2c1CCC(N1CCSCC1)C2. The fourth-order valence-corrected chi connectivity index (χ4v) is 5.72. The largest absolute Gasteiger partial charge is 0.337 e. The molecule has 1 unspecified atom stereocenters. The van der Waals surface area contributed by atoms with Gasteiger partial charge >= 0.3 is 0 Å². The monoisotopic (exact) mass is 388 g/mol. The predicted octanol–water partition coefficient (Wildman–Crippen LogP) is 2.99. The smallest absolute Gasteiger partial charge is 0.274 e. The van der Waals surface area contributed by atoms with E-state index in [-0.39, 0.29) is 5.91 Å². The molecule has 1 atom stereocenters. The van der Waals surface area contributed by atoms with Crippen molar-refractivity contribution in [3.05, 3.63) is 29.6 Å². The molecule has 0 N–H and O–H groups in total. The number of carbonyl (C=O) groups excluding carboxylic acids is 1. The Bertz CT molecular complexity index is 672. The number of likely N-dealkylation sites (tertiary alicyclic amines) is 1. The van der Waals surface area contributed by atoms with Crippen molar-refractivity contribution in [2.45, 2.75) is 57.5 Å². The maximum atomic E-state index is 13.3. The van der Waals surface area contributed by atoms with E-state index in [1.54, 1.807) is 0 Å². The minimum Gasteiger partial charge on any atom is -0.337 e. The Balaban J connectivity index is 1.59. The lowest BCUT2D eigenvalue weighted by molar-refractivity contribution is 0.0753. The topological polar surface area (TPSA) is 41.4 Å². The van der Waals surface area contributed by atoms with E-state index in [0.29, 0.717) is 12.6 Å². The number of thioether (sulfide) groups is 1. The van der Waals surface area contributed by atoms with E-state index in [1.807, 2.05) is 10.8 Å². The van der Waals surface area contributed by atoms with E-state index in [9.17, 15) is 4.79 Å². The average Bonchev–Trinajstić information content (AvgIpc) is 2.88. The fourth-order valence-electron chi connectivity index (χ4n) is 4.79. The number of aromatic nitrogens is 2. The summed E-state index contributed by atoms with van der Waals surface area (Å²) >= 11 is 2.06. The van der Waals surface area contributed by atoms with Crippen molar-refractivity contribution in [3.8, 4) is 0 Å². The molecule has 4 rings (SSSR count). The molecule has 1 amide bonds. The van der Waals surface area contributed by atoms with Gasteiger partial charge in [0.15, 0.2) is 5.69 Å². The molecular weight excluding hydrogens is 356 g/mol. The Hall–Kier alpha value is -1.27. The van der Waals surface area contributed by atoms with Gasteiger partial charge in [-0.1, -0.05) is 18.9 Å². The molecule has 148 valence electrons. The van der Waals surface area contributed by atoms with Crippen LogP contribution in [0, 0.1) is 0 Å². The maximum absolute atomic E-state index is 13.3. The predicted molar refractivity (Wildman–Crippen MR) is 112 cm³/mol. The Labute approximate surface area is 167 Å². The number of nitrogens with zero attached hydrogens (tertiary/aromatic N) is 4. The first-order valence-electron chi connectivity index (χ1n) is 10.6. The third-order valence-corrected chi connectivity index (χ3v) is 7.22. The summed E-state index contributed by atoms with van der Waals surface area (Å²) in [6.45, 7) is 8.71. The summed E-state index contributed by atoms with van der Waals surface area (Å²) in [4.78, 5) is 18.0. The van der Waals surface area contributed by atoms with Crippen molar-refractivity contribution >= 4 is 17.7 Å². The lowest BCUT2D eigenvalue weighted by Crippen LogP contribution is -2.44. The third-order valence-electron chi connectivity index (χ3n) is 6.28. The molecule has 0 spiro atoms. The van der Waals surface area contributed by atoms with Crippen molar-refractivity contribution in [2.24, 2.45) is 0 Å². The van der Waals surface area contributed by atoms with Crippen LogP contribution < -0.4 is 0 Å². The van der Waals surface area contributed by atoms with Gasteiger partial charge in [-0.15, -0.1) is 6.58 Å². The van der Waals surface area contributed by atoms with Gasteiger partial charge in [-0.05, 0) is 32.1 Å². The molecule has 1 aromatic rings. The number of amides is 1. The Morgan fingerprint density at radius 2 is 1.89 bits per heavy atom. The van der Waals surface area contributed by atoms with E-state index in [1.165, 1.54) is 55.1 Å². The fraction of sp³-hybridized carbons (Fsp3) is 0.714. The Morgan fingerprint density at radius 3 is 2.59 bits per heavy atom. The van der Waals surface area contributed by atoms with Gasteiger partial charge in [0, 0.05) is 55.0 Å². The second-order valence-corrected chi connectivity index (χ2v) is 9.22. The summed E-state index contributed by atoms with van der Waals surface area (Å²) in [5, 5.41) is 4.80. The summed E-state index contributed by atoms with van der Waals surface area (Å²) in [5.41, 5.74) is 3.22. The Kier molecular flexibility index (Phi) is 6.23. The number of rotatable bonds is 4. The molecule has 27 heavy (non-hydrogen) atoms. The lowest BCUT2D eigenvalue weighted by Gasteiger charge is -2.36. The van der Waals surface area contributed by atoms with Crippen molar-refractivity contribution < 1.29 is 4.79 Å². The normalized spacial score (nSPS) is 24.3.